The lowest BCUT2D eigenvalue weighted by molar-refractivity contribution is 0.137. The topological polar surface area (TPSA) is 15.3 Å². The molecule has 1 N–H and O–H groups in total. The molecule has 1 saturated heterocycles. The van der Waals surface area contributed by atoms with Gasteiger partial charge in [0.2, 0.25) is 0 Å². The average Bonchev–Trinajstić information content (AvgIpc) is 2.46. The van der Waals surface area contributed by atoms with E-state index in [2.05, 4.69) is 24.1 Å². The second-order valence-electron chi connectivity index (χ2n) is 6.85. The molecule has 2 nitrogen and oxygen atoms in total. The Labute approximate surface area is 120 Å². The lowest BCUT2D eigenvalue weighted by Gasteiger charge is -2.38. The van der Waals surface area contributed by atoms with E-state index in [1.54, 1.807) is 0 Å². The Morgan fingerprint density at radius 2 is 1.79 bits per heavy atom. The normalized spacial score (nSPS) is 30.6. The standard InChI is InChI=1S/C17H34N2/c1-3-8-16-11-17(14-19(4-2)13-16)18-12-15-9-6-5-7-10-15/h15-18H,3-14H2,1-2H3. The Kier molecular flexibility index (Phi) is 6.66. The predicted octanol–water partition coefficient (Wildman–Crippen LogP) is 3.67. The molecule has 19 heavy (non-hydrogen) atoms. The van der Waals surface area contributed by atoms with Gasteiger partial charge in [-0.1, -0.05) is 39.5 Å². The van der Waals surface area contributed by atoms with Crippen LogP contribution in [0.1, 0.15) is 65.2 Å². The van der Waals surface area contributed by atoms with Crippen LogP contribution in [0.5, 0.6) is 0 Å². The third-order valence-electron chi connectivity index (χ3n) is 5.18. The van der Waals surface area contributed by atoms with Crippen LogP contribution in [-0.2, 0) is 0 Å². The van der Waals surface area contributed by atoms with E-state index in [0.717, 1.165) is 17.9 Å². The quantitative estimate of drug-likeness (QED) is 0.789. The summed E-state index contributed by atoms with van der Waals surface area (Å²) in [7, 11) is 0. The zero-order valence-electron chi connectivity index (χ0n) is 13.2. The van der Waals surface area contributed by atoms with Crippen LogP contribution in [0.2, 0.25) is 0 Å². The van der Waals surface area contributed by atoms with E-state index >= 15 is 0 Å². The van der Waals surface area contributed by atoms with Crippen molar-refractivity contribution in [2.24, 2.45) is 11.8 Å². The van der Waals surface area contributed by atoms with Crippen molar-refractivity contribution in [3.05, 3.63) is 0 Å². The van der Waals surface area contributed by atoms with Gasteiger partial charge in [-0.2, -0.15) is 0 Å². The SMILES string of the molecule is CCCC1CC(NCC2CCCCC2)CN(CC)C1. The van der Waals surface area contributed by atoms with Crippen molar-refractivity contribution in [2.45, 2.75) is 71.3 Å². The number of nitrogens with one attached hydrogen (secondary N) is 1. The van der Waals surface area contributed by atoms with Gasteiger partial charge in [0.25, 0.3) is 0 Å². The van der Waals surface area contributed by atoms with Crippen LogP contribution >= 0.6 is 0 Å². The Balaban J connectivity index is 1.74. The summed E-state index contributed by atoms with van der Waals surface area (Å²) in [6.07, 6.45) is 11.5. The number of piperidine rings is 1. The fraction of sp³-hybridized carbons (Fsp3) is 1.00. The minimum Gasteiger partial charge on any atom is -0.312 e. The molecule has 0 amide bonds. The van der Waals surface area contributed by atoms with Gasteiger partial charge in [0.1, 0.15) is 0 Å². The monoisotopic (exact) mass is 266 g/mol. The van der Waals surface area contributed by atoms with Gasteiger partial charge >= 0.3 is 0 Å². The molecule has 2 unspecified atom stereocenters. The molecule has 0 aromatic heterocycles. The van der Waals surface area contributed by atoms with Crippen molar-refractivity contribution < 1.29 is 0 Å². The number of likely N-dealkylation sites (N-methyl/N-ethyl adjacent to an activating group) is 1. The number of hydrogen-bond donors (Lipinski definition) is 1. The van der Waals surface area contributed by atoms with Crippen LogP contribution in [-0.4, -0.2) is 37.1 Å². The third-order valence-corrected chi connectivity index (χ3v) is 5.18. The smallest absolute Gasteiger partial charge is 0.0198 e. The van der Waals surface area contributed by atoms with E-state index in [4.69, 9.17) is 0 Å². The highest BCUT2D eigenvalue weighted by atomic mass is 15.2. The second-order valence-corrected chi connectivity index (χ2v) is 6.85. The maximum absolute atomic E-state index is 3.90. The highest BCUT2D eigenvalue weighted by molar-refractivity contribution is 4.84. The molecule has 1 aliphatic heterocycles. The first kappa shape index (κ1) is 15.3. The Bertz CT molecular complexity index is 235. The number of nitrogens with zero attached hydrogens (tertiary/aromatic N) is 1. The van der Waals surface area contributed by atoms with Gasteiger partial charge in [0.05, 0.1) is 0 Å². The summed E-state index contributed by atoms with van der Waals surface area (Å²) >= 11 is 0. The molecular formula is C17H34N2. The lowest BCUT2D eigenvalue weighted by atomic mass is 9.87. The van der Waals surface area contributed by atoms with Crippen LogP contribution in [0.25, 0.3) is 0 Å². The number of likely N-dealkylation sites (tertiary alicyclic amines) is 1. The van der Waals surface area contributed by atoms with Crippen molar-refractivity contribution in [1.82, 2.24) is 10.2 Å². The summed E-state index contributed by atoms with van der Waals surface area (Å²) in [5.74, 6) is 1.90. The molecule has 2 rings (SSSR count). The van der Waals surface area contributed by atoms with Crippen molar-refractivity contribution in [3.63, 3.8) is 0 Å². The van der Waals surface area contributed by atoms with Crippen LogP contribution in [0, 0.1) is 11.8 Å². The summed E-state index contributed by atoms with van der Waals surface area (Å²) < 4.78 is 0. The largest absolute Gasteiger partial charge is 0.312 e. The van der Waals surface area contributed by atoms with Crippen molar-refractivity contribution in [2.75, 3.05) is 26.2 Å². The molecule has 2 aliphatic rings. The molecule has 0 radical (unpaired) electrons. The van der Waals surface area contributed by atoms with Gasteiger partial charge in [0.15, 0.2) is 0 Å². The first-order valence-corrected chi connectivity index (χ1v) is 8.77. The van der Waals surface area contributed by atoms with Crippen LogP contribution in [0.4, 0.5) is 0 Å². The molecular weight excluding hydrogens is 232 g/mol. The molecule has 0 aromatic rings. The van der Waals surface area contributed by atoms with E-state index in [1.165, 1.54) is 77.5 Å². The van der Waals surface area contributed by atoms with Crippen LogP contribution in [0.3, 0.4) is 0 Å². The Hall–Kier alpha value is -0.0800. The summed E-state index contributed by atoms with van der Waals surface area (Å²) in [4.78, 5) is 2.66. The molecule has 112 valence electrons. The highest BCUT2D eigenvalue weighted by Crippen LogP contribution is 2.24. The van der Waals surface area contributed by atoms with E-state index in [-0.39, 0.29) is 0 Å². The Morgan fingerprint density at radius 1 is 1.00 bits per heavy atom. The summed E-state index contributed by atoms with van der Waals surface area (Å²) in [5.41, 5.74) is 0. The Morgan fingerprint density at radius 3 is 2.47 bits per heavy atom. The molecule has 2 fully saturated rings. The summed E-state index contributed by atoms with van der Waals surface area (Å²) in [6, 6.07) is 0.757. The van der Waals surface area contributed by atoms with Crippen molar-refractivity contribution >= 4 is 0 Å². The van der Waals surface area contributed by atoms with E-state index in [1.807, 2.05) is 0 Å². The first-order chi connectivity index (χ1) is 9.31. The molecule has 0 bridgehead atoms. The van der Waals surface area contributed by atoms with Crippen molar-refractivity contribution in [3.8, 4) is 0 Å². The van der Waals surface area contributed by atoms with Crippen molar-refractivity contribution in [1.29, 1.82) is 0 Å². The van der Waals surface area contributed by atoms with E-state index in [9.17, 15) is 0 Å². The van der Waals surface area contributed by atoms with Crippen LogP contribution in [0.15, 0.2) is 0 Å². The summed E-state index contributed by atoms with van der Waals surface area (Å²) in [6.45, 7) is 9.76. The molecule has 2 atom stereocenters. The zero-order chi connectivity index (χ0) is 13.5. The van der Waals surface area contributed by atoms with Gasteiger partial charge in [-0.05, 0) is 50.6 Å². The van der Waals surface area contributed by atoms with Gasteiger partial charge in [0, 0.05) is 19.1 Å². The first-order valence-electron chi connectivity index (χ1n) is 8.77. The molecule has 0 spiro atoms. The molecule has 1 saturated carbocycles. The minimum absolute atomic E-state index is 0.757. The van der Waals surface area contributed by atoms with Gasteiger partial charge in [-0.3, -0.25) is 0 Å². The highest BCUT2D eigenvalue weighted by Gasteiger charge is 2.26. The maximum atomic E-state index is 3.90. The predicted molar refractivity (Wildman–Crippen MR) is 83.5 cm³/mol. The molecule has 1 aliphatic carbocycles. The van der Waals surface area contributed by atoms with E-state index in [0.29, 0.717) is 0 Å². The minimum atomic E-state index is 0.757. The molecule has 1 heterocycles. The second kappa shape index (κ2) is 8.26. The maximum Gasteiger partial charge on any atom is 0.0198 e. The third kappa shape index (κ3) is 5.07. The van der Waals surface area contributed by atoms with Gasteiger partial charge in [-0.15, -0.1) is 0 Å². The fourth-order valence-corrected chi connectivity index (χ4v) is 4.05. The van der Waals surface area contributed by atoms with Crippen LogP contribution < -0.4 is 5.32 Å². The zero-order valence-corrected chi connectivity index (χ0v) is 13.2. The van der Waals surface area contributed by atoms with Gasteiger partial charge in [-0.25, -0.2) is 0 Å². The summed E-state index contributed by atoms with van der Waals surface area (Å²) in [5, 5.41) is 3.90. The van der Waals surface area contributed by atoms with E-state index < -0.39 is 0 Å². The average molecular weight is 266 g/mol. The lowest BCUT2D eigenvalue weighted by Crippen LogP contribution is -2.50. The molecule has 2 heteroatoms. The van der Waals surface area contributed by atoms with Gasteiger partial charge < -0.3 is 10.2 Å². The number of hydrogen-bond acceptors (Lipinski definition) is 2. The fourth-order valence-electron chi connectivity index (χ4n) is 4.05. The molecule has 0 aromatic carbocycles. The number of rotatable bonds is 6.